The number of benzene rings is 1. The van der Waals surface area contributed by atoms with Gasteiger partial charge < -0.3 is 86.8 Å². The molecule has 1 aliphatic carbocycles. The first-order chi connectivity index (χ1) is 39.1. The third kappa shape index (κ3) is 20.3. The molecule has 32 heteroatoms. The zero-order chi connectivity index (χ0) is 57.6. The molecule has 0 bridgehead atoms. The summed E-state index contributed by atoms with van der Waals surface area (Å²) in [5.41, 5.74) is 1.22. The number of anilines is 1. The molecule has 454 valence electrons. The molecule has 3 aliphatic rings. The maximum absolute atomic E-state index is 13.6. The predicted octanol–water partition coefficient (Wildman–Crippen LogP) is 1.58. The highest BCUT2D eigenvalue weighted by atomic mass is 35.5. The Morgan fingerprint density at radius 1 is 0.790 bits per heavy atom. The first kappa shape index (κ1) is 64.4. The minimum atomic E-state index is -4.76. The molecular weight excluding hydrogens is 1130 g/mol. The molecule has 0 amide bonds. The average molecular weight is 1200 g/mol. The molecule has 1 spiro atoms. The molecule has 0 radical (unpaired) electrons. The highest BCUT2D eigenvalue weighted by Gasteiger charge is 2.47. The lowest BCUT2D eigenvalue weighted by Gasteiger charge is -2.54. The Morgan fingerprint density at radius 3 is 1.96 bits per heavy atom. The molecule has 4 aromatic rings. The van der Waals surface area contributed by atoms with Crippen molar-refractivity contribution in [3.05, 3.63) is 53.0 Å². The van der Waals surface area contributed by atoms with Crippen molar-refractivity contribution in [1.82, 2.24) is 34.7 Å². The molecule has 3 aromatic heterocycles. The Morgan fingerprint density at radius 2 is 1.36 bits per heavy atom. The predicted molar refractivity (Wildman–Crippen MR) is 275 cm³/mol. The SMILES string of the molecule is O=C(CCOCCOCCOCCOCCn1cc(COCCOCCOCCOCCOC2CCC3(CC2)CN(c2nc(Cl)nc4c2cnn4C[C@@H]2O[C@H](COC(CO)P(=O)(O)O)[C@@H](O)[C@H]2O)C3)nn1)Oc1c(F)cc(F)cc1F. The normalized spacial score (nSPS) is 19.7. The van der Waals surface area contributed by atoms with Gasteiger partial charge in [0, 0.05) is 30.6 Å². The van der Waals surface area contributed by atoms with Crippen molar-refractivity contribution in [3.8, 4) is 5.75 Å². The summed E-state index contributed by atoms with van der Waals surface area (Å²) in [5.74, 6) is -6.78. The molecule has 5 atom stereocenters. The molecule has 81 heavy (non-hydrogen) atoms. The van der Waals surface area contributed by atoms with Gasteiger partial charge in [-0.3, -0.25) is 9.36 Å². The summed E-state index contributed by atoms with van der Waals surface area (Å²) in [6, 6.07) is 0.837. The van der Waals surface area contributed by atoms with Crippen LogP contribution in [-0.2, 0) is 81.2 Å². The van der Waals surface area contributed by atoms with Gasteiger partial charge in [-0.05, 0) is 37.3 Å². The fraction of sp³-hybridized carbons (Fsp3) is 0.714. The van der Waals surface area contributed by atoms with Crippen LogP contribution in [0, 0.1) is 22.9 Å². The van der Waals surface area contributed by atoms with Gasteiger partial charge in [0.25, 0.3) is 0 Å². The Labute approximate surface area is 469 Å². The van der Waals surface area contributed by atoms with E-state index < -0.39 is 80.2 Å². The molecule has 1 saturated carbocycles. The maximum atomic E-state index is 13.6. The van der Waals surface area contributed by atoms with Crippen LogP contribution in [0.3, 0.4) is 0 Å². The number of rotatable bonds is 39. The second-order valence-corrected chi connectivity index (χ2v) is 21.4. The monoisotopic (exact) mass is 1200 g/mol. The van der Waals surface area contributed by atoms with E-state index in [1.54, 1.807) is 17.1 Å². The third-order valence-electron chi connectivity index (χ3n) is 13.3. The highest BCUT2D eigenvalue weighted by molar-refractivity contribution is 7.52. The summed E-state index contributed by atoms with van der Waals surface area (Å²) >= 11 is 6.40. The molecule has 2 saturated heterocycles. The zero-order valence-electron chi connectivity index (χ0n) is 44.6. The first-order valence-electron chi connectivity index (χ1n) is 26.5. The van der Waals surface area contributed by atoms with E-state index in [2.05, 4.69) is 35.0 Å². The van der Waals surface area contributed by atoms with Crippen LogP contribution in [-0.4, -0.2) is 234 Å². The number of nitrogens with zero attached hydrogens (tertiary/aromatic N) is 8. The Bertz CT molecular complexity index is 2560. The van der Waals surface area contributed by atoms with Gasteiger partial charge in [0.1, 0.15) is 41.7 Å². The van der Waals surface area contributed by atoms with Crippen LogP contribution in [0.15, 0.2) is 24.5 Å². The van der Waals surface area contributed by atoms with Gasteiger partial charge in [-0.25, -0.2) is 22.5 Å². The van der Waals surface area contributed by atoms with Crippen molar-refractivity contribution in [3.63, 3.8) is 0 Å². The van der Waals surface area contributed by atoms with E-state index in [9.17, 15) is 47.6 Å². The minimum absolute atomic E-state index is 0.0185. The number of ether oxygens (including phenoxy) is 12. The number of esters is 1. The number of aliphatic hydroxyl groups is 3. The van der Waals surface area contributed by atoms with Crippen LogP contribution in [0.25, 0.3) is 11.0 Å². The summed E-state index contributed by atoms with van der Waals surface area (Å²) in [4.78, 5) is 41.5. The van der Waals surface area contributed by atoms with Crippen molar-refractivity contribution in [2.45, 2.75) is 88.2 Å². The zero-order valence-corrected chi connectivity index (χ0v) is 46.2. The van der Waals surface area contributed by atoms with Crippen LogP contribution in [0.4, 0.5) is 19.0 Å². The van der Waals surface area contributed by atoms with Crippen molar-refractivity contribution >= 4 is 42.0 Å². The highest BCUT2D eigenvalue weighted by Crippen LogP contribution is 2.47. The summed E-state index contributed by atoms with van der Waals surface area (Å²) in [7, 11) is -4.76. The first-order valence-corrected chi connectivity index (χ1v) is 28.6. The lowest BCUT2D eigenvalue weighted by Crippen LogP contribution is -2.58. The van der Waals surface area contributed by atoms with Crippen LogP contribution >= 0.6 is 19.2 Å². The number of carbonyl (C=O) groups excluding carboxylic acids is 1. The van der Waals surface area contributed by atoms with E-state index in [0.29, 0.717) is 127 Å². The van der Waals surface area contributed by atoms with Gasteiger partial charge in [-0.2, -0.15) is 15.1 Å². The second kappa shape index (κ2) is 32.8. The number of hydrogen-bond donors (Lipinski definition) is 5. The smallest absolute Gasteiger partial charge is 0.356 e. The Hall–Kier alpha value is -4.15. The summed E-state index contributed by atoms with van der Waals surface area (Å²) in [6.45, 7) is 6.52. The third-order valence-corrected chi connectivity index (χ3v) is 14.6. The average Bonchev–Trinajstić information content (AvgIpc) is 4.26. The van der Waals surface area contributed by atoms with Crippen LogP contribution < -0.4 is 9.64 Å². The van der Waals surface area contributed by atoms with Gasteiger partial charge in [0.05, 0.1) is 169 Å². The standard InChI is InChI=1S/C49H71ClF3N8O19P/c50-48-55-46(36-25-54-61(47(36)56-48)27-39-43(64)44(65)40(79-39)30-78-42(28-62)81(66,67)68)59-31-49(32-59)4-1-35(2-5-49)77-22-21-75-18-17-73-15-16-74-19-20-76-29-34-26-60(58-57-34)6-8-70-10-12-72-14-13-71-11-9-69-7-3-41(63)80-45-37(52)23-33(51)24-38(45)53/h23-26,35,39-40,42-44,62,64-65H,1-22,27-32H2,(H2,66,67,68)/t39-,40+,42?,43-,44+/m0/s1. The number of aromatic nitrogens is 7. The van der Waals surface area contributed by atoms with Gasteiger partial charge in [0.15, 0.2) is 23.1 Å². The van der Waals surface area contributed by atoms with E-state index in [0.717, 1.165) is 38.8 Å². The summed E-state index contributed by atoms with van der Waals surface area (Å²) in [6.07, 6.45) is 2.27. The minimum Gasteiger partial charge on any atom is -0.420 e. The molecule has 2 aliphatic heterocycles. The lowest BCUT2D eigenvalue weighted by atomic mass is 9.68. The fourth-order valence-corrected chi connectivity index (χ4v) is 9.78. The van der Waals surface area contributed by atoms with Crippen molar-refractivity contribution in [2.24, 2.45) is 5.41 Å². The van der Waals surface area contributed by atoms with Gasteiger partial charge in [-0.1, -0.05) is 5.21 Å². The number of aliphatic hydroxyl groups excluding tert-OH is 3. The van der Waals surface area contributed by atoms with E-state index in [-0.39, 0.29) is 56.2 Å². The second-order valence-electron chi connectivity index (χ2n) is 19.3. The Balaban J connectivity index is 0.621. The van der Waals surface area contributed by atoms with E-state index >= 15 is 0 Å². The van der Waals surface area contributed by atoms with Crippen LogP contribution in [0.1, 0.15) is 37.8 Å². The molecule has 1 aromatic carbocycles. The molecule has 1 unspecified atom stereocenters. The van der Waals surface area contributed by atoms with Gasteiger partial charge in [-0.15, -0.1) is 5.10 Å². The molecule has 27 nitrogen and oxygen atoms in total. The molecular formula is C49H71ClF3N8O19P. The maximum Gasteiger partial charge on any atom is 0.356 e. The lowest BCUT2D eigenvalue weighted by molar-refractivity contribution is -0.136. The number of carbonyl (C=O) groups is 1. The van der Waals surface area contributed by atoms with Gasteiger partial charge in [0.2, 0.25) is 11.0 Å². The number of halogens is 4. The number of fused-ring (bicyclic) bond motifs is 1. The van der Waals surface area contributed by atoms with E-state index in [4.69, 9.17) is 63.7 Å². The van der Waals surface area contributed by atoms with Crippen molar-refractivity contribution in [1.29, 1.82) is 0 Å². The van der Waals surface area contributed by atoms with Crippen LogP contribution in [0.2, 0.25) is 5.28 Å². The van der Waals surface area contributed by atoms with E-state index in [1.165, 1.54) is 4.68 Å². The summed E-state index contributed by atoms with van der Waals surface area (Å²) in [5, 5.41) is 43.9. The molecule has 7 rings (SSSR count). The van der Waals surface area contributed by atoms with Gasteiger partial charge >= 0.3 is 13.6 Å². The molecule has 3 fully saturated rings. The van der Waals surface area contributed by atoms with Crippen molar-refractivity contribution in [2.75, 3.05) is 137 Å². The largest absolute Gasteiger partial charge is 0.420 e. The van der Waals surface area contributed by atoms with Crippen molar-refractivity contribution < 1.29 is 104 Å². The topological polar surface area (TPSA) is 324 Å². The molecule has 5 N–H and O–H groups in total. The van der Waals surface area contributed by atoms with Crippen LogP contribution in [0.5, 0.6) is 5.75 Å². The van der Waals surface area contributed by atoms with E-state index in [1.807, 2.05) is 0 Å². The quantitative estimate of drug-likeness (QED) is 0.0139. The Kier molecular flexibility index (Phi) is 26.1. The molecule has 5 heterocycles. The fourth-order valence-electron chi connectivity index (χ4n) is 9.13. The summed E-state index contributed by atoms with van der Waals surface area (Å²) < 4.78 is 121. The number of hydrogen-bond acceptors (Lipinski definition) is 23.